The van der Waals surface area contributed by atoms with Crippen molar-refractivity contribution in [3.8, 4) is 11.4 Å². The van der Waals surface area contributed by atoms with Crippen molar-refractivity contribution in [1.29, 1.82) is 0 Å². The number of thioether (sulfide) groups is 1. The van der Waals surface area contributed by atoms with Gasteiger partial charge in [0.05, 0.1) is 5.75 Å². The predicted molar refractivity (Wildman–Crippen MR) is 117 cm³/mol. The molecule has 1 aliphatic heterocycles. The number of nitrogens with zero attached hydrogens (tertiary/aromatic N) is 5. The molecule has 2 aromatic carbocycles. The first-order chi connectivity index (χ1) is 15.1. The lowest BCUT2D eigenvalue weighted by Crippen LogP contribution is -2.47. The van der Waals surface area contributed by atoms with Crippen LogP contribution in [-0.2, 0) is 11.4 Å². The fourth-order valence-corrected chi connectivity index (χ4v) is 4.17. The minimum absolute atomic E-state index is 0.0514. The monoisotopic (exact) mass is 441 g/mol. The molecule has 1 saturated heterocycles. The van der Waals surface area contributed by atoms with Gasteiger partial charge >= 0.3 is 0 Å². The molecule has 9 heteroatoms. The van der Waals surface area contributed by atoms with Gasteiger partial charge in [-0.05, 0) is 31.3 Å². The molecule has 162 valence electrons. The molecule has 0 N–H and O–H groups in total. The van der Waals surface area contributed by atoms with Crippen molar-refractivity contribution in [2.75, 3.05) is 39.0 Å². The Balaban J connectivity index is 1.49. The van der Waals surface area contributed by atoms with Crippen molar-refractivity contribution < 1.29 is 13.9 Å². The average Bonchev–Trinajstić information content (AvgIpc) is 3.21. The number of halogens is 1. The van der Waals surface area contributed by atoms with Gasteiger partial charge in [0.1, 0.15) is 6.61 Å². The van der Waals surface area contributed by atoms with Crippen LogP contribution in [0.15, 0.2) is 59.8 Å². The second-order valence-electron chi connectivity index (χ2n) is 7.26. The van der Waals surface area contributed by atoms with E-state index >= 15 is 0 Å². The highest BCUT2D eigenvalue weighted by Crippen LogP contribution is 2.24. The van der Waals surface area contributed by atoms with E-state index in [-0.39, 0.29) is 24.0 Å². The van der Waals surface area contributed by atoms with Gasteiger partial charge in [0.15, 0.2) is 22.5 Å². The predicted octanol–water partition coefficient (Wildman–Crippen LogP) is 2.85. The third-order valence-corrected chi connectivity index (χ3v) is 6.00. The Morgan fingerprint density at radius 2 is 1.74 bits per heavy atom. The first-order valence-corrected chi connectivity index (χ1v) is 11.1. The summed E-state index contributed by atoms with van der Waals surface area (Å²) in [6.07, 6.45) is 0. The van der Waals surface area contributed by atoms with Crippen molar-refractivity contribution in [2.45, 2.75) is 11.8 Å². The van der Waals surface area contributed by atoms with E-state index in [2.05, 4.69) is 22.1 Å². The minimum atomic E-state index is -0.430. The molecule has 1 amide bonds. The summed E-state index contributed by atoms with van der Waals surface area (Å²) >= 11 is 1.34. The molecule has 0 aliphatic carbocycles. The van der Waals surface area contributed by atoms with E-state index in [4.69, 9.17) is 4.74 Å². The van der Waals surface area contributed by atoms with Crippen molar-refractivity contribution in [1.82, 2.24) is 24.6 Å². The zero-order valence-corrected chi connectivity index (χ0v) is 18.1. The molecule has 0 radical (unpaired) electrons. The fourth-order valence-electron chi connectivity index (χ4n) is 3.30. The smallest absolute Gasteiger partial charge is 0.233 e. The number of piperazine rings is 1. The maximum atomic E-state index is 13.9. The quantitative estimate of drug-likeness (QED) is 0.526. The molecule has 4 rings (SSSR count). The average molecular weight is 442 g/mol. The van der Waals surface area contributed by atoms with Gasteiger partial charge in [-0.2, -0.15) is 0 Å². The van der Waals surface area contributed by atoms with Crippen LogP contribution in [0.2, 0.25) is 0 Å². The van der Waals surface area contributed by atoms with E-state index in [1.165, 1.54) is 17.8 Å². The van der Waals surface area contributed by atoms with Crippen LogP contribution in [0, 0.1) is 5.82 Å². The van der Waals surface area contributed by atoms with E-state index in [9.17, 15) is 9.18 Å². The molecule has 31 heavy (non-hydrogen) atoms. The van der Waals surface area contributed by atoms with E-state index in [0.717, 1.165) is 31.9 Å². The van der Waals surface area contributed by atoms with Gasteiger partial charge in [-0.1, -0.05) is 42.1 Å². The Hall–Kier alpha value is -2.91. The molecule has 0 atom stereocenters. The Bertz CT molecular complexity index is 1020. The molecular formula is C22H24FN5O2S. The largest absolute Gasteiger partial charge is 0.483 e. The van der Waals surface area contributed by atoms with Crippen LogP contribution in [-0.4, -0.2) is 69.5 Å². The minimum Gasteiger partial charge on any atom is -0.483 e. The second-order valence-corrected chi connectivity index (χ2v) is 8.20. The van der Waals surface area contributed by atoms with Gasteiger partial charge in [0, 0.05) is 31.9 Å². The summed E-state index contributed by atoms with van der Waals surface area (Å²) in [6, 6.07) is 15.9. The molecule has 0 bridgehead atoms. The van der Waals surface area contributed by atoms with Crippen LogP contribution in [0.25, 0.3) is 5.69 Å². The molecule has 1 aliphatic rings. The summed E-state index contributed by atoms with van der Waals surface area (Å²) in [5.74, 6) is 0.627. The Labute approximate surface area is 184 Å². The van der Waals surface area contributed by atoms with Crippen LogP contribution >= 0.6 is 11.8 Å². The number of amides is 1. The van der Waals surface area contributed by atoms with E-state index in [1.807, 2.05) is 39.8 Å². The Morgan fingerprint density at radius 1 is 1.03 bits per heavy atom. The lowest BCUT2D eigenvalue weighted by molar-refractivity contribution is -0.129. The standard InChI is InChI=1S/C22H24FN5O2S/c1-26-11-13-27(14-12-26)21(29)16-31-22-25-24-20(28(22)17-7-3-2-4-8-17)15-30-19-10-6-5-9-18(19)23/h2-10H,11-16H2,1H3. The summed E-state index contributed by atoms with van der Waals surface area (Å²) in [7, 11) is 2.06. The van der Waals surface area contributed by atoms with E-state index in [1.54, 1.807) is 18.2 Å². The second kappa shape index (κ2) is 9.93. The molecule has 1 aromatic heterocycles. The number of benzene rings is 2. The number of aromatic nitrogens is 3. The number of hydrogen-bond acceptors (Lipinski definition) is 6. The van der Waals surface area contributed by atoms with Gasteiger partial charge in [-0.15, -0.1) is 10.2 Å². The summed E-state index contributed by atoms with van der Waals surface area (Å²) < 4.78 is 21.4. The molecule has 0 spiro atoms. The third kappa shape index (κ3) is 5.23. The zero-order chi connectivity index (χ0) is 21.6. The highest BCUT2D eigenvalue weighted by molar-refractivity contribution is 7.99. The van der Waals surface area contributed by atoms with Crippen molar-refractivity contribution in [2.24, 2.45) is 0 Å². The van der Waals surface area contributed by atoms with E-state index < -0.39 is 5.82 Å². The van der Waals surface area contributed by atoms with Crippen molar-refractivity contribution in [3.05, 3.63) is 66.2 Å². The summed E-state index contributed by atoms with van der Waals surface area (Å²) in [6.45, 7) is 3.30. The maximum Gasteiger partial charge on any atom is 0.233 e. The highest BCUT2D eigenvalue weighted by Gasteiger charge is 2.21. The van der Waals surface area contributed by atoms with Crippen LogP contribution < -0.4 is 4.74 Å². The van der Waals surface area contributed by atoms with Crippen LogP contribution in [0.5, 0.6) is 5.75 Å². The molecule has 3 aromatic rings. The lowest BCUT2D eigenvalue weighted by Gasteiger charge is -2.32. The number of likely N-dealkylation sites (N-methyl/N-ethyl adjacent to an activating group) is 1. The van der Waals surface area contributed by atoms with Gasteiger partial charge in [0.2, 0.25) is 5.91 Å². The molecule has 1 fully saturated rings. The van der Waals surface area contributed by atoms with Gasteiger partial charge in [-0.3, -0.25) is 9.36 Å². The molecule has 2 heterocycles. The van der Waals surface area contributed by atoms with Gasteiger partial charge < -0.3 is 14.5 Å². The summed E-state index contributed by atoms with van der Waals surface area (Å²) in [4.78, 5) is 16.7. The Morgan fingerprint density at radius 3 is 2.48 bits per heavy atom. The van der Waals surface area contributed by atoms with E-state index in [0.29, 0.717) is 11.0 Å². The number of carbonyl (C=O) groups excluding carboxylic acids is 1. The molecule has 0 unspecified atom stereocenters. The van der Waals surface area contributed by atoms with Crippen LogP contribution in [0.4, 0.5) is 4.39 Å². The van der Waals surface area contributed by atoms with Crippen LogP contribution in [0.3, 0.4) is 0 Å². The fraction of sp³-hybridized carbons (Fsp3) is 0.318. The first kappa shape index (κ1) is 21.3. The van der Waals surface area contributed by atoms with Gasteiger partial charge in [0.25, 0.3) is 0 Å². The normalized spacial score (nSPS) is 14.6. The van der Waals surface area contributed by atoms with Gasteiger partial charge in [-0.25, -0.2) is 4.39 Å². The topological polar surface area (TPSA) is 63.5 Å². The first-order valence-electron chi connectivity index (χ1n) is 10.1. The molecular weight excluding hydrogens is 417 g/mol. The molecule has 7 nitrogen and oxygen atoms in total. The number of hydrogen-bond donors (Lipinski definition) is 0. The zero-order valence-electron chi connectivity index (χ0n) is 17.3. The third-order valence-electron chi connectivity index (χ3n) is 5.09. The number of para-hydroxylation sites is 2. The summed E-state index contributed by atoms with van der Waals surface area (Å²) in [5, 5.41) is 9.13. The summed E-state index contributed by atoms with van der Waals surface area (Å²) in [5.41, 5.74) is 0.856. The number of carbonyl (C=O) groups is 1. The van der Waals surface area contributed by atoms with Crippen LogP contribution in [0.1, 0.15) is 5.82 Å². The highest BCUT2D eigenvalue weighted by atomic mass is 32.2. The molecule has 0 saturated carbocycles. The number of rotatable bonds is 7. The number of ether oxygens (including phenoxy) is 1. The Kier molecular flexibility index (Phi) is 6.83. The lowest BCUT2D eigenvalue weighted by atomic mass is 10.3. The SMILES string of the molecule is CN1CCN(C(=O)CSc2nnc(COc3ccccc3F)n2-c2ccccc2)CC1. The van der Waals surface area contributed by atoms with Crippen molar-refractivity contribution >= 4 is 17.7 Å². The van der Waals surface area contributed by atoms with Crippen molar-refractivity contribution in [3.63, 3.8) is 0 Å². The maximum absolute atomic E-state index is 13.9.